The molecule has 0 radical (unpaired) electrons. The predicted octanol–water partition coefficient (Wildman–Crippen LogP) is 2.73. The second-order valence-corrected chi connectivity index (χ2v) is 5.63. The highest BCUT2D eigenvalue weighted by molar-refractivity contribution is 5.11. The van der Waals surface area contributed by atoms with Crippen LogP contribution in [-0.2, 0) is 6.42 Å². The van der Waals surface area contributed by atoms with Crippen LogP contribution in [-0.4, -0.2) is 28.8 Å². The number of hydrogen-bond acceptors (Lipinski definition) is 3. The Hall–Kier alpha value is -1.71. The summed E-state index contributed by atoms with van der Waals surface area (Å²) in [5, 5.41) is 13.5. The van der Waals surface area contributed by atoms with E-state index in [-0.39, 0.29) is 0 Å². The molecule has 1 aliphatic heterocycles. The summed E-state index contributed by atoms with van der Waals surface area (Å²) in [7, 11) is 0. The summed E-state index contributed by atoms with van der Waals surface area (Å²) < 4.78 is 0. The van der Waals surface area contributed by atoms with E-state index in [2.05, 4.69) is 29.4 Å². The van der Waals surface area contributed by atoms with E-state index >= 15 is 0 Å². The lowest BCUT2D eigenvalue weighted by molar-refractivity contribution is 0.0100. The van der Waals surface area contributed by atoms with Crippen LogP contribution in [0.2, 0.25) is 0 Å². The van der Waals surface area contributed by atoms with Gasteiger partial charge >= 0.3 is 0 Å². The van der Waals surface area contributed by atoms with E-state index < -0.39 is 5.60 Å². The summed E-state index contributed by atoms with van der Waals surface area (Å²) in [6, 6.07) is 16.1. The third kappa shape index (κ3) is 5.66. The standard InChI is InChI=1S/C11H16N2O.C7H8/c14-11(4-7-12-8-5-11)9-10-3-1-2-6-13-10;1-7-5-3-2-4-6-7/h1-3,6,12,14H,4-5,7-9H2;2-6H,1H3. The maximum Gasteiger partial charge on any atom is 0.0727 e. The molecule has 21 heavy (non-hydrogen) atoms. The molecule has 1 saturated heterocycles. The Bertz CT molecular complexity index is 507. The zero-order chi connectivity index (χ0) is 15.0. The third-order valence-corrected chi connectivity index (χ3v) is 3.71. The second-order valence-electron chi connectivity index (χ2n) is 5.63. The van der Waals surface area contributed by atoms with E-state index in [0.29, 0.717) is 6.42 Å². The van der Waals surface area contributed by atoms with Crippen molar-refractivity contribution in [2.24, 2.45) is 0 Å². The van der Waals surface area contributed by atoms with Crippen LogP contribution in [0, 0.1) is 6.92 Å². The summed E-state index contributed by atoms with van der Waals surface area (Å²) in [4.78, 5) is 4.24. The van der Waals surface area contributed by atoms with Gasteiger partial charge in [-0.1, -0.05) is 42.0 Å². The molecule has 3 nitrogen and oxygen atoms in total. The molecule has 1 fully saturated rings. The number of rotatable bonds is 2. The Morgan fingerprint density at radius 2 is 1.71 bits per heavy atom. The SMILES string of the molecule is Cc1ccccc1.OC1(Cc2ccccn2)CCNCC1. The molecule has 2 aromatic rings. The number of aryl methyl sites for hydroxylation is 1. The highest BCUT2D eigenvalue weighted by Crippen LogP contribution is 2.21. The molecular weight excluding hydrogens is 260 g/mol. The van der Waals surface area contributed by atoms with Crippen LogP contribution in [0.15, 0.2) is 54.7 Å². The molecule has 2 heterocycles. The molecule has 3 heteroatoms. The fourth-order valence-electron chi connectivity index (χ4n) is 2.44. The molecule has 0 amide bonds. The lowest BCUT2D eigenvalue weighted by Gasteiger charge is -2.32. The van der Waals surface area contributed by atoms with E-state index in [1.54, 1.807) is 6.20 Å². The minimum absolute atomic E-state index is 0.542. The van der Waals surface area contributed by atoms with Gasteiger partial charge in [0.2, 0.25) is 0 Å². The van der Waals surface area contributed by atoms with Crippen molar-refractivity contribution in [3.05, 3.63) is 66.0 Å². The van der Waals surface area contributed by atoms with E-state index in [1.165, 1.54) is 5.56 Å². The highest BCUT2D eigenvalue weighted by Gasteiger charge is 2.29. The first-order chi connectivity index (χ1) is 10.2. The van der Waals surface area contributed by atoms with Crippen molar-refractivity contribution in [2.45, 2.75) is 31.8 Å². The summed E-state index contributed by atoms with van der Waals surface area (Å²) in [5.41, 5.74) is 1.76. The molecule has 0 saturated carbocycles. The Kier molecular flexibility index (Phi) is 5.90. The summed E-state index contributed by atoms with van der Waals surface area (Å²) >= 11 is 0. The molecule has 112 valence electrons. The molecule has 0 bridgehead atoms. The van der Waals surface area contributed by atoms with Gasteiger partial charge in [0.05, 0.1) is 5.60 Å². The molecule has 2 N–H and O–H groups in total. The van der Waals surface area contributed by atoms with Gasteiger partial charge < -0.3 is 10.4 Å². The van der Waals surface area contributed by atoms with Crippen LogP contribution in [0.3, 0.4) is 0 Å². The van der Waals surface area contributed by atoms with Gasteiger partial charge in [-0.2, -0.15) is 0 Å². The van der Waals surface area contributed by atoms with E-state index in [1.807, 2.05) is 36.4 Å². The van der Waals surface area contributed by atoms with Crippen molar-refractivity contribution in [3.8, 4) is 0 Å². The molecule has 0 aliphatic carbocycles. The average Bonchev–Trinajstić information content (AvgIpc) is 2.50. The Morgan fingerprint density at radius 1 is 1.05 bits per heavy atom. The molecule has 1 aromatic heterocycles. The number of nitrogens with one attached hydrogen (secondary N) is 1. The molecule has 0 spiro atoms. The number of benzene rings is 1. The van der Waals surface area contributed by atoms with Crippen LogP contribution in [0.4, 0.5) is 0 Å². The number of aromatic nitrogens is 1. The van der Waals surface area contributed by atoms with Crippen LogP contribution in [0.1, 0.15) is 24.1 Å². The maximum absolute atomic E-state index is 10.2. The number of nitrogens with zero attached hydrogens (tertiary/aromatic N) is 1. The Morgan fingerprint density at radius 3 is 2.24 bits per heavy atom. The number of aliphatic hydroxyl groups is 1. The minimum atomic E-state index is -0.542. The quantitative estimate of drug-likeness (QED) is 0.891. The minimum Gasteiger partial charge on any atom is -0.389 e. The molecular formula is C18H24N2O. The fourth-order valence-corrected chi connectivity index (χ4v) is 2.44. The van der Waals surface area contributed by atoms with Gasteiger partial charge in [-0.15, -0.1) is 0 Å². The third-order valence-electron chi connectivity index (χ3n) is 3.71. The number of piperidine rings is 1. The average molecular weight is 284 g/mol. The van der Waals surface area contributed by atoms with Crippen molar-refractivity contribution >= 4 is 0 Å². The first kappa shape index (κ1) is 15.7. The molecule has 1 aromatic carbocycles. The van der Waals surface area contributed by atoms with Crippen molar-refractivity contribution in [1.82, 2.24) is 10.3 Å². The zero-order valence-electron chi connectivity index (χ0n) is 12.6. The van der Waals surface area contributed by atoms with E-state index in [0.717, 1.165) is 31.6 Å². The lowest BCUT2D eigenvalue weighted by Crippen LogP contribution is -2.43. The Balaban J connectivity index is 0.000000194. The normalized spacial score (nSPS) is 16.7. The highest BCUT2D eigenvalue weighted by atomic mass is 16.3. The van der Waals surface area contributed by atoms with Crippen LogP contribution in [0.25, 0.3) is 0 Å². The molecule has 3 rings (SSSR count). The largest absolute Gasteiger partial charge is 0.389 e. The lowest BCUT2D eigenvalue weighted by atomic mass is 9.88. The van der Waals surface area contributed by atoms with Crippen molar-refractivity contribution in [2.75, 3.05) is 13.1 Å². The van der Waals surface area contributed by atoms with Gasteiger partial charge in [0.15, 0.2) is 0 Å². The number of hydrogen-bond donors (Lipinski definition) is 2. The molecule has 0 unspecified atom stereocenters. The second kappa shape index (κ2) is 7.91. The van der Waals surface area contributed by atoms with E-state index in [9.17, 15) is 5.11 Å². The van der Waals surface area contributed by atoms with Crippen LogP contribution >= 0.6 is 0 Å². The monoisotopic (exact) mass is 284 g/mol. The summed E-state index contributed by atoms with van der Waals surface area (Å²) in [5.74, 6) is 0. The maximum atomic E-state index is 10.2. The molecule has 1 aliphatic rings. The molecule has 0 atom stereocenters. The van der Waals surface area contributed by atoms with Gasteiger partial charge in [0, 0.05) is 18.3 Å². The van der Waals surface area contributed by atoms with Gasteiger partial charge in [0.25, 0.3) is 0 Å². The van der Waals surface area contributed by atoms with Gasteiger partial charge in [-0.3, -0.25) is 4.98 Å². The number of pyridine rings is 1. The van der Waals surface area contributed by atoms with E-state index in [4.69, 9.17) is 0 Å². The zero-order valence-corrected chi connectivity index (χ0v) is 12.6. The topological polar surface area (TPSA) is 45.2 Å². The first-order valence-corrected chi connectivity index (χ1v) is 7.53. The van der Waals surface area contributed by atoms with Gasteiger partial charge in [0.1, 0.15) is 0 Å². The van der Waals surface area contributed by atoms with Crippen molar-refractivity contribution in [1.29, 1.82) is 0 Å². The first-order valence-electron chi connectivity index (χ1n) is 7.53. The van der Waals surface area contributed by atoms with Gasteiger partial charge in [-0.25, -0.2) is 0 Å². The summed E-state index contributed by atoms with van der Waals surface area (Å²) in [6.45, 7) is 3.90. The van der Waals surface area contributed by atoms with Crippen molar-refractivity contribution < 1.29 is 5.11 Å². The summed E-state index contributed by atoms with van der Waals surface area (Å²) in [6.07, 6.45) is 4.10. The van der Waals surface area contributed by atoms with Crippen molar-refractivity contribution in [3.63, 3.8) is 0 Å². The van der Waals surface area contributed by atoms with Crippen LogP contribution < -0.4 is 5.32 Å². The predicted molar refractivity (Wildman–Crippen MR) is 86.2 cm³/mol. The Labute approximate surface area is 127 Å². The van der Waals surface area contributed by atoms with Gasteiger partial charge in [-0.05, 0) is 45.0 Å². The van der Waals surface area contributed by atoms with Crippen LogP contribution in [0.5, 0.6) is 0 Å². The fraction of sp³-hybridized carbons (Fsp3) is 0.389. The smallest absolute Gasteiger partial charge is 0.0727 e.